The molecule has 2 heterocycles. The minimum Gasteiger partial charge on any atom is -0.487 e. The molecule has 10 heteroatoms. The highest BCUT2D eigenvalue weighted by Crippen LogP contribution is 2.32. The number of benzene rings is 2. The zero-order valence-corrected chi connectivity index (χ0v) is 20.8. The molecule has 0 radical (unpaired) electrons. The number of nitrogens with one attached hydrogen (secondary N) is 1. The van der Waals surface area contributed by atoms with Gasteiger partial charge in [0.1, 0.15) is 30.3 Å². The van der Waals surface area contributed by atoms with Crippen molar-refractivity contribution in [1.29, 1.82) is 0 Å². The fourth-order valence-electron chi connectivity index (χ4n) is 3.93. The largest absolute Gasteiger partial charge is 0.487 e. The second-order valence-corrected chi connectivity index (χ2v) is 8.62. The Morgan fingerprint density at radius 2 is 2.03 bits per heavy atom. The summed E-state index contributed by atoms with van der Waals surface area (Å²) in [5.41, 5.74) is 2.91. The summed E-state index contributed by atoms with van der Waals surface area (Å²) < 4.78 is 40.5. The molecule has 0 aliphatic carbocycles. The molecule has 0 saturated carbocycles. The molecule has 0 spiro atoms. The van der Waals surface area contributed by atoms with Crippen LogP contribution in [0.3, 0.4) is 0 Å². The van der Waals surface area contributed by atoms with Crippen molar-refractivity contribution >= 4 is 28.4 Å². The van der Waals surface area contributed by atoms with Crippen LogP contribution in [-0.4, -0.2) is 33.9 Å². The van der Waals surface area contributed by atoms with Gasteiger partial charge in [-0.15, -0.1) is 0 Å². The highest BCUT2D eigenvalue weighted by molar-refractivity contribution is 6.31. The van der Waals surface area contributed by atoms with Crippen LogP contribution in [0.5, 0.6) is 5.75 Å². The van der Waals surface area contributed by atoms with Gasteiger partial charge in [0.05, 0.1) is 29.1 Å². The quantitative estimate of drug-likeness (QED) is 0.321. The van der Waals surface area contributed by atoms with Gasteiger partial charge >= 0.3 is 0 Å². The van der Waals surface area contributed by atoms with Crippen LogP contribution in [0.4, 0.5) is 8.78 Å². The summed E-state index contributed by atoms with van der Waals surface area (Å²) in [4.78, 5) is 16.8. The molecule has 1 atom stereocenters. The van der Waals surface area contributed by atoms with Gasteiger partial charge in [0.25, 0.3) is 0 Å². The maximum absolute atomic E-state index is 14.2. The highest BCUT2D eigenvalue weighted by atomic mass is 35.5. The number of fused-ring (bicyclic) bond motifs is 1. The fraction of sp³-hybridized carbons (Fsp3) is 0.269. The number of aromatic nitrogens is 3. The predicted molar refractivity (Wildman–Crippen MR) is 132 cm³/mol. The molecule has 1 N–H and O–H groups in total. The summed E-state index contributed by atoms with van der Waals surface area (Å²) in [5, 5.41) is 7.75. The van der Waals surface area contributed by atoms with Crippen molar-refractivity contribution in [2.45, 2.75) is 33.4 Å². The zero-order chi connectivity index (χ0) is 25.8. The molecule has 0 aliphatic heterocycles. The molecule has 4 aromatic rings. The summed E-state index contributed by atoms with van der Waals surface area (Å²) in [6.45, 7) is 5.65. The molecule has 0 unspecified atom stereocenters. The molecule has 1 amide bonds. The fourth-order valence-corrected chi connectivity index (χ4v) is 4.20. The second-order valence-electron chi connectivity index (χ2n) is 8.21. The maximum atomic E-state index is 14.2. The zero-order valence-electron chi connectivity index (χ0n) is 20.0. The smallest absolute Gasteiger partial charge is 0.246 e. The lowest BCUT2D eigenvalue weighted by Crippen LogP contribution is -2.31. The van der Waals surface area contributed by atoms with Gasteiger partial charge in [-0.1, -0.05) is 23.7 Å². The first-order chi connectivity index (χ1) is 17.3. The van der Waals surface area contributed by atoms with Crippen LogP contribution in [0.2, 0.25) is 5.02 Å². The topological polar surface area (TPSA) is 78.3 Å². The molecule has 2 aromatic heterocycles. The van der Waals surface area contributed by atoms with Crippen molar-refractivity contribution in [2.75, 3.05) is 13.2 Å². The number of pyridine rings is 1. The summed E-state index contributed by atoms with van der Waals surface area (Å²) >= 11 is 6.40. The average Bonchev–Trinajstić information content (AvgIpc) is 3.27. The molecule has 7 nitrogen and oxygen atoms in total. The van der Waals surface area contributed by atoms with E-state index in [1.807, 2.05) is 13.0 Å². The van der Waals surface area contributed by atoms with E-state index in [1.165, 1.54) is 23.0 Å². The van der Waals surface area contributed by atoms with Crippen molar-refractivity contribution < 1.29 is 23.0 Å². The molecule has 0 saturated heterocycles. The molecular weight excluding hydrogens is 490 g/mol. The van der Waals surface area contributed by atoms with Crippen molar-refractivity contribution in [3.63, 3.8) is 0 Å². The minimum absolute atomic E-state index is 0.000579. The van der Waals surface area contributed by atoms with Gasteiger partial charge in [-0.2, -0.15) is 5.10 Å². The number of ether oxygens (including phenoxy) is 2. The van der Waals surface area contributed by atoms with Crippen molar-refractivity contribution in [2.24, 2.45) is 0 Å². The Morgan fingerprint density at radius 1 is 1.22 bits per heavy atom. The summed E-state index contributed by atoms with van der Waals surface area (Å²) in [5.74, 6) is -0.841. The van der Waals surface area contributed by atoms with E-state index in [1.54, 1.807) is 32.0 Å². The number of hydrogen-bond donors (Lipinski definition) is 1. The van der Waals surface area contributed by atoms with Gasteiger partial charge in [0, 0.05) is 23.3 Å². The lowest BCUT2D eigenvalue weighted by atomic mass is 10.0. The van der Waals surface area contributed by atoms with E-state index in [0.29, 0.717) is 45.8 Å². The van der Waals surface area contributed by atoms with Crippen LogP contribution in [0, 0.1) is 18.6 Å². The standard InChI is InChI=1S/C26H25ClF2N4O3/c1-4-35-14-25(34)32-16(3)20-9-17(28)10-22(27)21(20)13-36-24-7-5-6-19-23(8-15(2)31-26(19)24)33-12-18(29)11-30-33/h5-12,16H,4,13-14H2,1-3H3,(H,32,34)/t16-/m0/s1. The predicted octanol–water partition coefficient (Wildman–Crippen LogP) is 5.45. The third kappa shape index (κ3) is 5.63. The summed E-state index contributed by atoms with van der Waals surface area (Å²) in [6.07, 6.45) is 2.42. The number of para-hydroxylation sites is 1. The molecular formula is C26H25ClF2N4O3. The van der Waals surface area contributed by atoms with Crippen LogP contribution >= 0.6 is 11.6 Å². The number of aryl methyl sites for hydroxylation is 1. The van der Waals surface area contributed by atoms with Crippen molar-refractivity contribution in [3.05, 3.63) is 82.3 Å². The van der Waals surface area contributed by atoms with E-state index in [9.17, 15) is 13.6 Å². The molecule has 0 fully saturated rings. The van der Waals surface area contributed by atoms with Crippen LogP contribution in [0.15, 0.2) is 48.8 Å². The number of rotatable bonds is 9. The average molecular weight is 515 g/mol. The van der Waals surface area contributed by atoms with Crippen LogP contribution in [-0.2, 0) is 16.1 Å². The second kappa shape index (κ2) is 11.0. The van der Waals surface area contributed by atoms with E-state index >= 15 is 0 Å². The Hall–Kier alpha value is -3.56. The van der Waals surface area contributed by atoms with E-state index in [0.717, 1.165) is 6.20 Å². The van der Waals surface area contributed by atoms with Crippen molar-refractivity contribution in [1.82, 2.24) is 20.1 Å². The summed E-state index contributed by atoms with van der Waals surface area (Å²) in [6, 6.07) is 9.18. The van der Waals surface area contributed by atoms with Gasteiger partial charge in [-0.3, -0.25) is 4.79 Å². The lowest BCUT2D eigenvalue weighted by Gasteiger charge is -2.20. The summed E-state index contributed by atoms with van der Waals surface area (Å²) in [7, 11) is 0. The van der Waals surface area contributed by atoms with E-state index < -0.39 is 17.7 Å². The van der Waals surface area contributed by atoms with E-state index in [-0.39, 0.29) is 24.1 Å². The monoisotopic (exact) mass is 514 g/mol. The van der Waals surface area contributed by atoms with Crippen LogP contribution in [0.25, 0.3) is 16.6 Å². The van der Waals surface area contributed by atoms with Gasteiger partial charge in [0.2, 0.25) is 5.91 Å². The third-order valence-corrected chi connectivity index (χ3v) is 5.89. The molecule has 188 valence electrons. The first-order valence-electron chi connectivity index (χ1n) is 11.4. The molecule has 4 rings (SSSR count). The Labute approximate surface area is 212 Å². The van der Waals surface area contributed by atoms with Gasteiger partial charge in [-0.05, 0) is 50.6 Å². The lowest BCUT2D eigenvalue weighted by molar-refractivity contribution is -0.126. The van der Waals surface area contributed by atoms with Crippen LogP contribution in [0.1, 0.15) is 36.7 Å². The highest BCUT2D eigenvalue weighted by Gasteiger charge is 2.19. The Balaban J connectivity index is 1.66. The Kier molecular flexibility index (Phi) is 7.81. The van der Waals surface area contributed by atoms with E-state index in [2.05, 4.69) is 15.4 Å². The number of carbonyl (C=O) groups is 1. The van der Waals surface area contributed by atoms with Gasteiger partial charge in [-0.25, -0.2) is 18.4 Å². The molecule has 0 aliphatic rings. The Bertz CT molecular complexity index is 1410. The number of carbonyl (C=O) groups excluding carboxylic acids is 1. The van der Waals surface area contributed by atoms with Crippen molar-refractivity contribution in [3.8, 4) is 11.4 Å². The van der Waals surface area contributed by atoms with Gasteiger partial charge in [0.15, 0.2) is 5.82 Å². The van der Waals surface area contributed by atoms with Gasteiger partial charge < -0.3 is 14.8 Å². The molecule has 2 aromatic carbocycles. The van der Waals surface area contributed by atoms with Crippen LogP contribution < -0.4 is 10.1 Å². The normalized spacial score (nSPS) is 12.1. The molecule has 36 heavy (non-hydrogen) atoms. The first-order valence-corrected chi connectivity index (χ1v) is 11.7. The minimum atomic E-state index is -0.543. The first kappa shape index (κ1) is 25.5. The molecule has 0 bridgehead atoms. The SMILES string of the molecule is CCOCC(=O)N[C@@H](C)c1cc(F)cc(Cl)c1COc1cccc2c(-n3cc(F)cn3)cc(C)nc12. The van der Waals surface area contributed by atoms with E-state index in [4.69, 9.17) is 21.1 Å². The number of nitrogens with zero attached hydrogens (tertiary/aromatic N) is 3. The number of halogens is 3. The maximum Gasteiger partial charge on any atom is 0.246 e. The number of hydrogen-bond acceptors (Lipinski definition) is 5. The Morgan fingerprint density at radius 3 is 2.75 bits per heavy atom. The third-order valence-electron chi connectivity index (χ3n) is 5.55. The number of amides is 1.